The van der Waals surface area contributed by atoms with E-state index in [0.717, 1.165) is 5.56 Å². The molecule has 346 valence electrons. The summed E-state index contributed by atoms with van der Waals surface area (Å²) in [6.07, 6.45) is -7.66. The van der Waals surface area contributed by atoms with E-state index >= 15 is 0 Å². The maximum Gasteiger partial charge on any atom is 0.246 e. The molecule has 63 heavy (non-hydrogen) atoms. The zero-order valence-corrected chi connectivity index (χ0v) is 34.9. The van der Waals surface area contributed by atoms with Crippen LogP contribution in [0.3, 0.4) is 0 Å². The first-order chi connectivity index (χ1) is 30.1. The number of benzene rings is 1. The van der Waals surface area contributed by atoms with Gasteiger partial charge in [0.2, 0.25) is 29.5 Å². The number of hydrogen-bond acceptors (Lipinski definition) is 18. The quantitative estimate of drug-likeness (QED) is 0.0429. The Labute approximate surface area is 361 Å². The maximum atomic E-state index is 13.4. The zero-order chi connectivity index (χ0) is 45.8. The predicted molar refractivity (Wildman–Crippen MR) is 217 cm³/mol. The lowest BCUT2D eigenvalue weighted by atomic mass is 9.96. The average molecular weight is 889 g/mol. The molecule has 0 radical (unpaired) electrons. The lowest BCUT2D eigenvalue weighted by Crippen LogP contribution is -2.65. The largest absolute Gasteiger partial charge is 0.394 e. The first-order valence-electron chi connectivity index (χ1n) is 20.3. The third-order valence-corrected chi connectivity index (χ3v) is 10.4. The normalized spacial score (nSPS) is 25.6. The number of fused-ring (bicyclic) bond motifs is 1. The van der Waals surface area contributed by atoms with Gasteiger partial charge in [0, 0.05) is 26.4 Å². The lowest BCUT2D eigenvalue weighted by Gasteiger charge is -2.44. The Morgan fingerprint density at radius 3 is 2.25 bits per heavy atom. The Bertz CT molecular complexity index is 2010. The van der Waals surface area contributed by atoms with Crippen molar-refractivity contribution in [3.05, 3.63) is 48.5 Å². The number of hydrogen-bond donors (Lipinski definition) is 11. The third kappa shape index (κ3) is 12.6. The SMILES string of the molecule is CC(=O)N[C@H]1[C@@H](OCc2ccccc2)O[C@H](CO)[C@@H](O)[C@@H]1OCC(=O)N[C@@H](C(=O)N[C@H](CCC(=O)NCCNc1ncnc2c1ncn2[C@@H]1O[C@H](CO)[C@@H](O)[C@H]1O)C(N)=O)C(C)C. The molecule has 3 aromatic rings. The van der Waals surface area contributed by atoms with E-state index in [9.17, 15) is 49.5 Å². The minimum atomic E-state index is -1.50. The zero-order valence-electron chi connectivity index (χ0n) is 34.9. The number of aliphatic hydroxyl groups excluding tert-OH is 5. The molecule has 0 spiro atoms. The van der Waals surface area contributed by atoms with Gasteiger partial charge >= 0.3 is 0 Å². The van der Waals surface area contributed by atoms with Crippen LogP contribution in [-0.4, -0.2) is 169 Å². The van der Waals surface area contributed by atoms with E-state index in [-0.39, 0.29) is 38.2 Å². The highest BCUT2D eigenvalue weighted by atomic mass is 16.7. The van der Waals surface area contributed by atoms with E-state index in [2.05, 4.69) is 41.5 Å². The summed E-state index contributed by atoms with van der Waals surface area (Å²) in [4.78, 5) is 76.6. The first-order valence-corrected chi connectivity index (χ1v) is 20.3. The molecular formula is C39H56N10O14. The molecule has 0 bridgehead atoms. The topological polar surface area (TPSA) is 353 Å². The summed E-state index contributed by atoms with van der Waals surface area (Å²) in [5.41, 5.74) is 6.94. The molecule has 2 saturated heterocycles. The second-order valence-corrected chi connectivity index (χ2v) is 15.4. The van der Waals surface area contributed by atoms with Crippen molar-refractivity contribution in [1.29, 1.82) is 0 Å². The number of nitrogens with two attached hydrogens (primary N) is 1. The highest BCUT2D eigenvalue weighted by molar-refractivity contribution is 5.92. The van der Waals surface area contributed by atoms with E-state index < -0.39 is 123 Å². The molecule has 24 nitrogen and oxygen atoms in total. The highest BCUT2D eigenvalue weighted by Gasteiger charge is 2.47. The molecule has 24 heteroatoms. The van der Waals surface area contributed by atoms with Crippen LogP contribution >= 0.6 is 0 Å². The van der Waals surface area contributed by atoms with Crippen molar-refractivity contribution >= 4 is 46.5 Å². The average Bonchev–Trinajstić information content (AvgIpc) is 3.81. The summed E-state index contributed by atoms with van der Waals surface area (Å²) >= 11 is 0. The van der Waals surface area contributed by atoms with Crippen LogP contribution in [0.2, 0.25) is 0 Å². The number of imidazole rings is 1. The van der Waals surface area contributed by atoms with Crippen LogP contribution in [0.25, 0.3) is 11.2 Å². The molecule has 2 fully saturated rings. The van der Waals surface area contributed by atoms with Crippen molar-refractivity contribution in [3.8, 4) is 0 Å². The number of rotatable bonds is 22. The van der Waals surface area contributed by atoms with Crippen LogP contribution in [-0.2, 0) is 49.5 Å². The Kier molecular flexibility index (Phi) is 17.6. The maximum absolute atomic E-state index is 13.4. The van der Waals surface area contributed by atoms with E-state index in [1.54, 1.807) is 13.8 Å². The van der Waals surface area contributed by atoms with Gasteiger partial charge in [0.25, 0.3) is 0 Å². The molecule has 0 unspecified atom stereocenters. The van der Waals surface area contributed by atoms with E-state index in [0.29, 0.717) is 11.3 Å². The minimum absolute atomic E-state index is 0.0545. The summed E-state index contributed by atoms with van der Waals surface area (Å²) < 4.78 is 24.5. The highest BCUT2D eigenvalue weighted by Crippen LogP contribution is 2.32. The number of aromatic nitrogens is 4. The smallest absolute Gasteiger partial charge is 0.246 e. The molecule has 2 aliphatic heterocycles. The molecule has 12 N–H and O–H groups in total. The van der Waals surface area contributed by atoms with Crippen LogP contribution in [0.1, 0.15) is 45.4 Å². The number of nitrogens with one attached hydrogen (secondary N) is 5. The van der Waals surface area contributed by atoms with Crippen molar-refractivity contribution in [1.82, 2.24) is 40.8 Å². The van der Waals surface area contributed by atoms with Crippen molar-refractivity contribution in [3.63, 3.8) is 0 Å². The summed E-state index contributed by atoms with van der Waals surface area (Å²) in [6, 6.07) is 5.47. The lowest BCUT2D eigenvalue weighted by molar-refractivity contribution is -0.279. The number of ether oxygens (including phenoxy) is 4. The van der Waals surface area contributed by atoms with Gasteiger partial charge < -0.3 is 76.8 Å². The summed E-state index contributed by atoms with van der Waals surface area (Å²) in [5, 5.41) is 64.3. The van der Waals surface area contributed by atoms with Gasteiger partial charge in [0.15, 0.2) is 29.5 Å². The summed E-state index contributed by atoms with van der Waals surface area (Å²) in [7, 11) is 0. The van der Waals surface area contributed by atoms with Crippen molar-refractivity contribution in [2.45, 2.75) is 107 Å². The fraction of sp³-hybridized carbons (Fsp3) is 0.590. The Morgan fingerprint density at radius 2 is 1.60 bits per heavy atom. The molecule has 1 aromatic carbocycles. The molecule has 5 rings (SSSR count). The monoisotopic (exact) mass is 888 g/mol. The number of nitrogens with zero attached hydrogens (tertiary/aromatic N) is 4. The Morgan fingerprint density at radius 1 is 0.889 bits per heavy atom. The number of aliphatic hydroxyl groups is 5. The first kappa shape index (κ1) is 48.6. The number of carbonyl (C=O) groups excluding carboxylic acids is 5. The fourth-order valence-corrected chi connectivity index (χ4v) is 7.04. The van der Waals surface area contributed by atoms with Crippen molar-refractivity contribution in [2.75, 3.05) is 38.2 Å². The molecule has 0 aliphatic carbocycles. The fourth-order valence-electron chi connectivity index (χ4n) is 7.04. The van der Waals surface area contributed by atoms with Gasteiger partial charge in [-0.3, -0.25) is 28.5 Å². The summed E-state index contributed by atoms with van der Waals surface area (Å²) in [5.74, 6) is -3.65. The summed E-state index contributed by atoms with van der Waals surface area (Å²) in [6.45, 7) is 3.04. The second kappa shape index (κ2) is 22.8. The van der Waals surface area contributed by atoms with Gasteiger partial charge in [-0.05, 0) is 17.9 Å². The molecule has 2 aromatic heterocycles. The second-order valence-electron chi connectivity index (χ2n) is 15.4. The van der Waals surface area contributed by atoms with Crippen LogP contribution in [0.15, 0.2) is 43.0 Å². The van der Waals surface area contributed by atoms with Gasteiger partial charge in [-0.15, -0.1) is 0 Å². The molecule has 4 heterocycles. The van der Waals surface area contributed by atoms with E-state index in [1.807, 2.05) is 30.3 Å². The van der Waals surface area contributed by atoms with Crippen LogP contribution in [0.4, 0.5) is 5.82 Å². The third-order valence-electron chi connectivity index (χ3n) is 10.4. The standard InChI is InChI=1S/C39H56N10O14/c1-19(2)27(48-26(54)16-60-33-28(46-20(3)52)39(63-24(14-51)31(33)56)61-15-21-7-5-4-6-8-21)37(59)47-22(34(40)58)9-10-25(53)41-11-12-42-35-29-36(44-17-43-35)49(18-45-29)38-32(57)30(55)23(13-50)62-38/h4-8,17-19,22-24,27-28,30-33,38-39,50-51,55-57H,9-16H2,1-3H3,(H2,40,58)(H,41,53)(H,46,52)(H,47,59)(H,48,54)(H,42,43,44)/t22-,23-,24-,27-,28-,30-,31-,32-,33-,38-,39+/m1/s1. The van der Waals surface area contributed by atoms with Crippen LogP contribution < -0.4 is 32.3 Å². The molecule has 11 atom stereocenters. The molecular weight excluding hydrogens is 832 g/mol. The van der Waals surface area contributed by atoms with Gasteiger partial charge in [-0.2, -0.15) is 0 Å². The van der Waals surface area contributed by atoms with Gasteiger partial charge in [-0.1, -0.05) is 44.2 Å². The van der Waals surface area contributed by atoms with Crippen LogP contribution in [0, 0.1) is 5.92 Å². The van der Waals surface area contributed by atoms with E-state index in [4.69, 9.17) is 24.7 Å². The Hall–Kier alpha value is -5.44. The predicted octanol–water partition coefficient (Wildman–Crippen LogP) is -3.96. The van der Waals surface area contributed by atoms with Crippen LogP contribution in [0.5, 0.6) is 0 Å². The number of carbonyl (C=O) groups is 5. The Balaban J connectivity index is 1.10. The number of primary amides is 1. The van der Waals surface area contributed by atoms with Gasteiger partial charge in [-0.25, -0.2) is 15.0 Å². The van der Waals surface area contributed by atoms with Crippen molar-refractivity contribution in [2.24, 2.45) is 11.7 Å². The van der Waals surface area contributed by atoms with Gasteiger partial charge in [0.1, 0.15) is 67.7 Å². The van der Waals surface area contributed by atoms with E-state index in [1.165, 1.54) is 24.1 Å². The van der Waals surface area contributed by atoms with Gasteiger partial charge in [0.05, 0.1) is 26.1 Å². The molecule has 0 saturated carbocycles. The minimum Gasteiger partial charge on any atom is -0.394 e. The number of amides is 5. The van der Waals surface area contributed by atoms with Crippen molar-refractivity contribution < 1.29 is 68.5 Å². The number of anilines is 1. The molecule has 2 aliphatic rings. The molecule has 5 amide bonds.